The minimum Gasteiger partial charge on any atom is -0.373 e. The molecule has 4 rings (SSSR count). The van der Waals surface area contributed by atoms with Gasteiger partial charge in [0.25, 0.3) is 5.91 Å². The summed E-state index contributed by atoms with van der Waals surface area (Å²) in [4.78, 5) is 21.2. The molecule has 2 aliphatic rings. The van der Waals surface area contributed by atoms with Gasteiger partial charge in [-0.2, -0.15) is 0 Å². The summed E-state index contributed by atoms with van der Waals surface area (Å²) in [5.41, 5.74) is 1.95. The minimum absolute atomic E-state index is 0.0925. The van der Waals surface area contributed by atoms with E-state index in [2.05, 4.69) is 16.0 Å². The first-order valence-electron chi connectivity index (χ1n) is 8.40. The number of fused-ring (bicyclic) bond motifs is 1. The average molecular weight is 323 g/mol. The number of hydrogen-bond donors (Lipinski definition) is 0. The molecule has 1 aromatic heterocycles. The summed E-state index contributed by atoms with van der Waals surface area (Å²) in [7, 11) is 0. The van der Waals surface area contributed by atoms with E-state index in [0.717, 1.165) is 31.8 Å². The highest BCUT2D eigenvalue weighted by molar-refractivity contribution is 5.94. The maximum Gasteiger partial charge on any atom is 0.253 e. The van der Waals surface area contributed by atoms with Crippen LogP contribution < -0.4 is 0 Å². The summed E-state index contributed by atoms with van der Waals surface area (Å²) in [6.45, 7) is 3.85. The molecule has 2 aliphatic heterocycles. The number of carbonyl (C=O) groups excluding carboxylic acids is 1. The van der Waals surface area contributed by atoms with E-state index in [9.17, 15) is 4.79 Å². The molecule has 1 amide bonds. The third-order valence-corrected chi connectivity index (χ3v) is 4.83. The fraction of sp³-hybridized carbons (Fsp3) is 0.368. The summed E-state index contributed by atoms with van der Waals surface area (Å²) in [6.07, 6.45) is 3.80. The lowest BCUT2D eigenvalue weighted by atomic mass is 10.1. The second-order valence-corrected chi connectivity index (χ2v) is 6.38. The summed E-state index contributed by atoms with van der Waals surface area (Å²) in [5, 5.41) is 0. The summed E-state index contributed by atoms with van der Waals surface area (Å²) < 4.78 is 5.93. The van der Waals surface area contributed by atoms with Gasteiger partial charge in [-0.1, -0.05) is 24.3 Å². The Bertz CT molecular complexity index is 692. The summed E-state index contributed by atoms with van der Waals surface area (Å²) >= 11 is 0. The Kier molecular flexibility index (Phi) is 4.28. The predicted octanol–water partition coefficient (Wildman–Crippen LogP) is 1.81. The highest BCUT2D eigenvalue weighted by Crippen LogP contribution is 2.25. The molecule has 24 heavy (non-hydrogen) atoms. The third-order valence-electron chi connectivity index (χ3n) is 4.83. The van der Waals surface area contributed by atoms with Crippen molar-refractivity contribution in [3.8, 4) is 0 Å². The molecule has 0 radical (unpaired) electrons. The van der Waals surface area contributed by atoms with Gasteiger partial charge < -0.3 is 9.64 Å². The van der Waals surface area contributed by atoms with E-state index in [0.29, 0.717) is 6.54 Å². The number of nitrogens with zero attached hydrogens (tertiary/aromatic N) is 3. The van der Waals surface area contributed by atoms with E-state index in [1.54, 1.807) is 6.20 Å². The molecule has 124 valence electrons. The lowest BCUT2D eigenvalue weighted by Crippen LogP contribution is -2.50. The van der Waals surface area contributed by atoms with E-state index >= 15 is 0 Å². The molecule has 0 unspecified atom stereocenters. The zero-order valence-electron chi connectivity index (χ0n) is 13.5. The number of amides is 1. The van der Waals surface area contributed by atoms with Crippen LogP contribution in [-0.2, 0) is 11.3 Å². The lowest BCUT2D eigenvalue weighted by molar-refractivity contribution is -0.0503. The molecule has 2 atom stereocenters. The number of pyridine rings is 1. The van der Waals surface area contributed by atoms with Crippen LogP contribution in [0.3, 0.4) is 0 Å². The molecule has 0 N–H and O–H groups in total. The molecular formula is C19H21N3O2. The van der Waals surface area contributed by atoms with Crippen molar-refractivity contribution in [2.75, 3.05) is 26.2 Å². The number of benzene rings is 1. The molecular weight excluding hydrogens is 302 g/mol. The van der Waals surface area contributed by atoms with Crippen molar-refractivity contribution in [3.05, 3.63) is 66.0 Å². The van der Waals surface area contributed by atoms with Crippen molar-refractivity contribution in [1.29, 1.82) is 0 Å². The van der Waals surface area contributed by atoms with Gasteiger partial charge in [0.15, 0.2) is 0 Å². The van der Waals surface area contributed by atoms with Gasteiger partial charge in [-0.05, 0) is 23.8 Å². The van der Waals surface area contributed by atoms with Gasteiger partial charge in [-0.25, -0.2) is 0 Å². The van der Waals surface area contributed by atoms with Crippen LogP contribution in [-0.4, -0.2) is 59.1 Å². The summed E-state index contributed by atoms with van der Waals surface area (Å²) in [6, 6.07) is 13.8. The number of aromatic nitrogens is 1. The molecule has 0 aliphatic carbocycles. The van der Waals surface area contributed by atoms with Crippen molar-refractivity contribution in [3.63, 3.8) is 0 Å². The fourth-order valence-corrected chi connectivity index (χ4v) is 3.61. The Labute approximate surface area is 141 Å². The molecule has 0 spiro atoms. The van der Waals surface area contributed by atoms with Gasteiger partial charge in [-0.15, -0.1) is 0 Å². The van der Waals surface area contributed by atoms with Crippen molar-refractivity contribution < 1.29 is 9.53 Å². The second-order valence-electron chi connectivity index (χ2n) is 6.38. The van der Waals surface area contributed by atoms with Crippen molar-refractivity contribution in [1.82, 2.24) is 14.8 Å². The first-order chi connectivity index (χ1) is 11.8. The Morgan fingerprint density at radius 3 is 2.83 bits per heavy atom. The van der Waals surface area contributed by atoms with Crippen LogP contribution in [0.15, 0.2) is 54.9 Å². The smallest absolute Gasteiger partial charge is 0.253 e. The van der Waals surface area contributed by atoms with Gasteiger partial charge in [0.2, 0.25) is 0 Å². The maximum atomic E-state index is 12.7. The Morgan fingerprint density at radius 1 is 1.17 bits per heavy atom. The number of hydrogen-bond acceptors (Lipinski definition) is 4. The molecule has 0 saturated carbocycles. The zero-order valence-corrected chi connectivity index (χ0v) is 13.5. The van der Waals surface area contributed by atoms with Crippen LogP contribution in [0.4, 0.5) is 0 Å². The second kappa shape index (κ2) is 6.71. The van der Waals surface area contributed by atoms with Crippen LogP contribution in [0.25, 0.3) is 0 Å². The first-order valence-corrected chi connectivity index (χ1v) is 8.40. The Morgan fingerprint density at radius 2 is 2.04 bits per heavy atom. The zero-order chi connectivity index (χ0) is 16.4. The average Bonchev–Trinajstić information content (AvgIpc) is 3.08. The van der Waals surface area contributed by atoms with E-state index in [4.69, 9.17) is 4.74 Å². The maximum absolute atomic E-state index is 12.7. The monoisotopic (exact) mass is 323 g/mol. The normalized spacial score (nSPS) is 23.9. The number of carbonyl (C=O) groups is 1. The van der Waals surface area contributed by atoms with Crippen molar-refractivity contribution in [2.45, 2.75) is 18.7 Å². The molecule has 5 nitrogen and oxygen atoms in total. The third kappa shape index (κ3) is 3.05. The SMILES string of the molecule is O=C(c1ccccc1)N1C[C@H]2OCCN(Cc3cccnc3)[C@H]2C1. The van der Waals surface area contributed by atoms with Crippen LogP contribution in [0.1, 0.15) is 15.9 Å². The van der Waals surface area contributed by atoms with Crippen molar-refractivity contribution in [2.24, 2.45) is 0 Å². The van der Waals surface area contributed by atoms with Gasteiger partial charge in [0.1, 0.15) is 0 Å². The summed E-state index contributed by atoms with van der Waals surface area (Å²) in [5.74, 6) is 0.0925. The van der Waals surface area contributed by atoms with Crippen LogP contribution in [0, 0.1) is 0 Å². The molecule has 2 aromatic rings. The highest BCUT2D eigenvalue weighted by Gasteiger charge is 2.41. The van der Waals surface area contributed by atoms with Crippen LogP contribution >= 0.6 is 0 Å². The molecule has 2 saturated heterocycles. The standard InChI is InChI=1S/C19H21N3O2/c23-19(16-6-2-1-3-7-16)22-13-17-18(14-22)24-10-9-21(17)12-15-5-4-8-20-11-15/h1-8,11,17-18H,9-10,12-14H2/t17-,18+/m0/s1. The predicted molar refractivity (Wildman–Crippen MR) is 90.5 cm³/mol. The topological polar surface area (TPSA) is 45.7 Å². The quantitative estimate of drug-likeness (QED) is 0.864. The molecule has 2 fully saturated rings. The van der Waals surface area contributed by atoms with E-state index in [-0.39, 0.29) is 18.1 Å². The van der Waals surface area contributed by atoms with E-state index in [1.807, 2.05) is 47.5 Å². The molecule has 1 aromatic carbocycles. The van der Waals surface area contributed by atoms with Gasteiger partial charge in [0, 0.05) is 44.1 Å². The Hall–Kier alpha value is -2.24. The fourth-order valence-electron chi connectivity index (χ4n) is 3.61. The number of rotatable bonds is 3. The largest absolute Gasteiger partial charge is 0.373 e. The number of morpholine rings is 1. The number of ether oxygens (including phenoxy) is 1. The van der Waals surface area contributed by atoms with Gasteiger partial charge in [0.05, 0.1) is 18.8 Å². The lowest BCUT2D eigenvalue weighted by Gasteiger charge is -2.36. The molecule has 3 heterocycles. The first kappa shape index (κ1) is 15.3. The van der Waals surface area contributed by atoms with E-state index in [1.165, 1.54) is 5.56 Å². The number of likely N-dealkylation sites (tertiary alicyclic amines) is 1. The van der Waals surface area contributed by atoms with Gasteiger partial charge in [-0.3, -0.25) is 14.7 Å². The molecule has 5 heteroatoms. The van der Waals surface area contributed by atoms with Crippen LogP contribution in [0.5, 0.6) is 0 Å². The molecule has 0 bridgehead atoms. The highest BCUT2D eigenvalue weighted by atomic mass is 16.5. The minimum atomic E-state index is 0.0925. The van der Waals surface area contributed by atoms with Gasteiger partial charge >= 0.3 is 0 Å². The Balaban J connectivity index is 1.47. The van der Waals surface area contributed by atoms with Crippen molar-refractivity contribution >= 4 is 5.91 Å². The van der Waals surface area contributed by atoms with E-state index < -0.39 is 0 Å². The van der Waals surface area contributed by atoms with Crippen LogP contribution in [0.2, 0.25) is 0 Å².